The zero-order valence-corrected chi connectivity index (χ0v) is 10.9. The highest BCUT2D eigenvalue weighted by Gasteiger charge is 2.25. The van der Waals surface area contributed by atoms with Gasteiger partial charge in [0.2, 0.25) is 10.0 Å². The molecule has 2 N–H and O–H groups in total. The van der Waals surface area contributed by atoms with E-state index in [1.807, 2.05) is 6.07 Å². The molecule has 0 aliphatic carbocycles. The fraction of sp³-hybridized carbons (Fsp3) is 0.364. The van der Waals surface area contributed by atoms with Crippen LogP contribution in [-0.4, -0.2) is 25.8 Å². The fourth-order valence-electron chi connectivity index (χ4n) is 1.40. The van der Waals surface area contributed by atoms with Crippen LogP contribution in [0.4, 0.5) is 10.1 Å². The summed E-state index contributed by atoms with van der Waals surface area (Å²) in [4.78, 5) is -0.215. The van der Waals surface area contributed by atoms with Gasteiger partial charge in [-0.3, -0.25) is 0 Å². The SMILES string of the molecule is CC(CC#N)N(C)S(=O)(=O)c1cc(N)cc(F)c1. The predicted octanol–water partition coefficient (Wildman–Crippen LogP) is 1.33. The van der Waals surface area contributed by atoms with Crippen LogP contribution < -0.4 is 5.73 Å². The first kappa shape index (κ1) is 14.4. The number of anilines is 1. The van der Waals surface area contributed by atoms with Crippen molar-refractivity contribution in [2.24, 2.45) is 0 Å². The molecule has 0 aliphatic rings. The topological polar surface area (TPSA) is 87.2 Å². The Morgan fingerprint density at radius 2 is 2.11 bits per heavy atom. The predicted molar refractivity (Wildman–Crippen MR) is 65.5 cm³/mol. The van der Waals surface area contributed by atoms with Crippen LogP contribution in [0.15, 0.2) is 23.1 Å². The molecule has 1 aromatic carbocycles. The summed E-state index contributed by atoms with van der Waals surface area (Å²) in [6, 6.07) is 4.53. The van der Waals surface area contributed by atoms with E-state index in [0.29, 0.717) is 0 Å². The van der Waals surface area contributed by atoms with E-state index in [0.717, 1.165) is 16.4 Å². The largest absolute Gasteiger partial charge is 0.399 e. The molecule has 1 rings (SSSR count). The highest BCUT2D eigenvalue weighted by atomic mass is 32.2. The molecule has 0 spiro atoms. The lowest BCUT2D eigenvalue weighted by molar-refractivity contribution is 0.393. The van der Waals surface area contributed by atoms with Crippen molar-refractivity contribution in [3.8, 4) is 6.07 Å². The van der Waals surface area contributed by atoms with Crippen LogP contribution in [0.3, 0.4) is 0 Å². The molecule has 0 fully saturated rings. The maximum Gasteiger partial charge on any atom is 0.243 e. The zero-order chi connectivity index (χ0) is 13.9. The van der Waals surface area contributed by atoms with Crippen molar-refractivity contribution in [2.45, 2.75) is 24.3 Å². The fourth-order valence-corrected chi connectivity index (χ4v) is 2.82. The molecule has 0 amide bonds. The molecule has 0 aromatic heterocycles. The van der Waals surface area contributed by atoms with E-state index in [4.69, 9.17) is 11.0 Å². The van der Waals surface area contributed by atoms with Crippen LogP contribution in [0.1, 0.15) is 13.3 Å². The Kier molecular flexibility index (Phi) is 4.27. The van der Waals surface area contributed by atoms with Gasteiger partial charge >= 0.3 is 0 Å². The van der Waals surface area contributed by atoms with Crippen molar-refractivity contribution >= 4 is 15.7 Å². The maximum absolute atomic E-state index is 13.2. The average molecular weight is 271 g/mol. The highest BCUT2D eigenvalue weighted by Crippen LogP contribution is 2.21. The molecule has 0 saturated carbocycles. The minimum absolute atomic E-state index is 0.0370. The second kappa shape index (κ2) is 5.33. The van der Waals surface area contributed by atoms with E-state index in [-0.39, 0.29) is 17.0 Å². The van der Waals surface area contributed by atoms with E-state index >= 15 is 0 Å². The Balaban J connectivity index is 3.17. The third kappa shape index (κ3) is 2.97. The van der Waals surface area contributed by atoms with Gasteiger partial charge in [-0.2, -0.15) is 9.57 Å². The molecule has 0 aliphatic heterocycles. The first-order valence-electron chi connectivity index (χ1n) is 5.20. The number of nitrogens with two attached hydrogens (primary N) is 1. The van der Waals surface area contributed by atoms with Gasteiger partial charge in [-0.25, -0.2) is 12.8 Å². The summed E-state index contributed by atoms with van der Waals surface area (Å²) in [5, 5.41) is 8.56. The van der Waals surface area contributed by atoms with Crippen molar-refractivity contribution in [2.75, 3.05) is 12.8 Å². The smallest absolute Gasteiger partial charge is 0.243 e. The summed E-state index contributed by atoms with van der Waals surface area (Å²) in [5.41, 5.74) is 5.45. The summed E-state index contributed by atoms with van der Waals surface area (Å²) in [7, 11) is -2.50. The lowest BCUT2D eigenvalue weighted by atomic mass is 10.3. The van der Waals surface area contributed by atoms with Crippen LogP contribution >= 0.6 is 0 Å². The Morgan fingerprint density at radius 3 is 2.61 bits per heavy atom. The van der Waals surface area contributed by atoms with Crippen molar-refractivity contribution in [1.29, 1.82) is 5.26 Å². The number of nitrogens with zero attached hydrogens (tertiary/aromatic N) is 2. The van der Waals surface area contributed by atoms with Gasteiger partial charge in [-0.15, -0.1) is 0 Å². The highest BCUT2D eigenvalue weighted by molar-refractivity contribution is 7.89. The van der Waals surface area contributed by atoms with Crippen LogP contribution in [0.2, 0.25) is 0 Å². The number of sulfonamides is 1. The van der Waals surface area contributed by atoms with Gasteiger partial charge in [0.05, 0.1) is 17.4 Å². The Bertz CT molecular complexity index is 560. The third-order valence-electron chi connectivity index (χ3n) is 2.58. The minimum atomic E-state index is -3.84. The Labute approximate surface area is 106 Å². The van der Waals surface area contributed by atoms with Gasteiger partial charge in [0.15, 0.2) is 0 Å². The van der Waals surface area contributed by atoms with Crippen molar-refractivity contribution in [3.63, 3.8) is 0 Å². The molecule has 0 saturated heterocycles. The van der Waals surface area contributed by atoms with E-state index in [1.165, 1.54) is 13.1 Å². The van der Waals surface area contributed by atoms with Gasteiger partial charge in [-0.1, -0.05) is 0 Å². The maximum atomic E-state index is 13.2. The van der Waals surface area contributed by atoms with Crippen molar-refractivity contribution in [1.82, 2.24) is 4.31 Å². The van der Waals surface area contributed by atoms with Gasteiger partial charge in [-0.05, 0) is 25.1 Å². The summed E-state index contributed by atoms with van der Waals surface area (Å²) in [6.45, 7) is 1.60. The normalized spacial score (nSPS) is 13.3. The van der Waals surface area contributed by atoms with Crippen LogP contribution in [0, 0.1) is 17.1 Å². The van der Waals surface area contributed by atoms with Crippen molar-refractivity contribution < 1.29 is 12.8 Å². The molecule has 5 nitrogen and oxygen atoms in total. The number of hydrogen-bond acceptors (Lipinski definition) is 4. The molecule has 0 bridgehead atoms. The van der Waals surface area contributed by atoms with Gasteiger partial charge in [0.1, 0.15) is 5.82 Å². The second-order valence-corrected chi connectivity index (χ2v) is 5.95. The molecule has 18 heavy (non-hydrogen) atoms. The molecular formula is C11H14FN3O2S. The van der Waals surface area contributed by atoms with E-state index in [9.17, 15) is 12.8 Å². The Morgan fingerprint density at radius 1 is 1.50 bits per heavy atom. The Hall–Kier alpha value is -1.65. The lowest BCUT2D eigenvalue weighted by Gasteiger charge is -2.22. The third-order valence-corrected chi connectivity index (χ3v) is 4.53. The minimum Gasteiger partial charge on any atom is -0.399 e. The monoisotopic (exact) mass is 271 g/mol. The molecular weight excluding hydrogens is 257 g/mol. The quantitative estimate of drug-likeness (QED) is 0.837. The second-order valence-electron chi connectivity index (χ2n) is 3.95. The number of nitrogen functional groups attached to an aromatic ring is 1. The van der Waals surface area contributed by atoms with E-state index < -0.39 is 21.9 Å². The van der Waals surface area contributed by atoms with Crippen molar-refractivity contribution in [3.05, 3.63) is 24.0 Å². The zero-order valence-electron chi connectivity index (χ0n) is 10.1. The average Bonchev–Trinajstić information content (AvgIpc) is 2.27. The summed E-state index contributed by atoms with van der Waals surface area (Å²) in [5.74, 6) is -0.713. The number of benzene rings is 1. The molecule has 98 valence electrons. The van der Waals surface area contributed by atoms with Gasteiger partial charge in [0, 0.05) is 18.8 Å². The van der Waals surface area contributed by atoms with Gasteiger partial charge in [0.25, 0.3) is 0 Å². The number of nitriles is 1. The number of halogens is 1. The first-order valence-corrected chi connectivity index (χ1v) is 6.64. The van der Waals surface area contributed by atoms with Gasteiger partial charge < -0.3 is 5.73 Å². The lowest BCUT2D eigenvalue weighted by Crippen LogP contribution is -2.34. The molecule has 7 heteroatoms. The van der Waals surface area contributed by atoms with Crippen LogP contribution in [-0.2, 0) is 10.0 Å². The molecule has 1 unspecified atom stereocenters. The molecule has 1 atom stereocenters. The van der Waals surface area contributed by atoms with Crippen LogP contribution in [0.25, 0.3) is 0 Å². The molecule has 1 aromatic rings. The van der Waals surface area contributed by atoms with E-state index in [1.54, 1.807) is 6.92 Å². The molecule has 0 heterocycles. The summed E-state index contributed by atoms with van der Waals surface area (Å²) >= 11 is 0. The van der Waals surface area contributed by atoms with Crippen LogP contribution in [0.5, 0.6) is 0 Å². The number of hydrogen-bond donors (Lipinski definition) is 1. The van der Waals surface area contributed by atoms with E-state index in [2.05, 4.69) is 0 Å². The summed E-state index contributed by atoms with van der Waals surface area (Å²) in [6.07, 6.45) is 0.0561. The number of rotatable bonds is 4. The standard InChI is InChI=1S/C11H14FN3O2S/c1-8(3-4-13)15(2)18(16,17)11-6-9(12)5-10(14)7-11/h5-8H,3,14H2,1-2H3. The summed E-state index contributed by atoms with van der Waals surface area (Å²) < 4.78 is 38.5. The molecule has 0 radical (unpaired) electrons. The first-order chi connectivity index (χ1) is 8.28.